The first-order valence-electron chi connectivity index (χ1n) is 7.90. The van der Waals surface area contributed by atoms with E-state index >= 15 is 0 Å². The molecule has 2 heterocycles. The lowest BCUT2D eigenvalue weighted by atomic mass is 10.1. The van der Waals surface area contributed by atoms with Crippen LogP contribution >= 0.6 is 0 Å². The van der Waals surface area contributed by atoms with Gasteiger partial charge in [0.15, 0.2) is 5.82 Å². The summed E-state index contributed by atoms with van der Waals surface area (Å²) in [6.45, 7) is 1.78. The molecule has 1 aromatic carbocycles. The molecule has 0 radical (unpaired) electrons. The van der Waals surface area contributed by atoms with Gasteiger partial charge in [0.25, 0.3) is 0 Å². The second kappa shape index (κ2) is 5.54. The number of hydrogen-bond acceptors (Lipinski definition) is 5. The molecule has 1 aromatic heterocycles. The first kappa shape index (κ1) is 13.5. The van der Waals surface area contributed by atoms with Crippen LogP contribution in [0.15, 0.2) is 28.8 Å². The Kier molecular flexibility index (Phi) is 3.39. The Bertz CT molecular complexity index is 713. The SMILES string of the molecule is N#Cc1ccccc1CN1CCC[C@H]1c1noc(C2CC2)n1. The van der Waals surface area contributed by atoms with Gasteiger partial charge in [-0.1, -0.05) is 23.4 Å². The van der Waals surface area contributed by atoms with Crippen molar-refractivity contribution in [1.82, 2.24) is 15.0 Å². The van der Waals surface area contributed by atoms with Crippen molar-refractivity contribution in [1.29, 1.82) is 5.26 Å². The molecular formula is C17H18N4O. The predicted molar refractivity (Wildman–Crippen MR) is 79.8 cm³/mol. The highest BCUT2D eigenvalue weighted by Gasteiger charge is 2.34. The zero-order chi connectivity index (χ0) is 14.9. The van der Waals surface area contributed by atoms with Crippen molar-refractivity contribution >= 4 is 0 Å². The summed E-state index contributed by atoms with van der Waals surface area (Å²) in [6.07, 6.45) is 4.53. The molecule has 22 heavy (non-hydrogen) atoms. The van der Waals surface area contributed by atoms with E-state index in [-0.39, 0.29) is 6.04 Å². The molecule has 2 fully saturated rings. The summed E-state index contributed by atoms with van der Waals surface area (Å²) in [5, 5.41) is 13.4. The van der Waals surface area contributed by atoms with E-state index in [2.05, 4.69) is 21.1 Å². The normalized spacial score (nSPS) is 21.9. The van der Waals surface area contributed by atoms with Crippen molar-refractivity contribution < 1.29 is 4.52 Å². The number of nitriles is 1. The Morgan fingerprint density at radius 1 is 1.27 bits per heavy atom. The number of benzene rings is 1. The zero-order valence-corrected chi connectivity index (χ0v) is 12.4. The number of hydrogen-bond donors (Lipinski definition) is 0. The first-order valence-corrected chi connectivity index (χ1v) is 7.90. The average Bonchev–Trinajstić information content (AvgIpc) is 3.10. The van der Waals surface area contributed by atoms with Crippen molar-refractivity contribution in [3.63, 3.8) is 0 Å². The third-order valence-corrected chi connectivity index (χ3v) is 4.56. The maximum Gasteiger partial charge on any atom is 0.229 e. The lowest BCUT2D eigenvalue weighted by Gasteiger charge is -2.22. The average molecular weight is 294 g/mol. The molecule has 1 saturated heterocycles. The topological polar surface area (TPSA) is 66.0 Å². The lowest BCUT2D eigenvalue weighted by Crippen LogP contribution is -2.24. The van der Waals surface area contributed by atoms with E-state index in [9.17, 15) is 5.26 Å². The van der Waals surface area contributed by atoms with Gasteiger partial charge >= 0.3 is 0 Å². The third kappa shape index (κ3) is 2.51. The molecule has 5 heteroatoms. The van der Waals surface area contributed by atoms with Gasteiger partial charge in [-0.15, -0.1) is 0 Å². The van der Waals surface area contributed by atoms with Gasteiger partial charge in [-0.2, -0.15) is 10.2 Å². The molecule has 0 amide bonds. The maximum atomic E-state index is 9.24. The van der Waals surface area contributed by atoms with E-state index in [0.717, 1.165) is 48.8 Å². The molecule has 4 rings (SSSR count). The quantitative estimate of drug-likeness (QED) is 0.866. The third-order valence-electron chi connectivity index (χ3n) is 4.56. The summed E-state index contributed by atoms with van der Waals surface area (Å²) in [7, 11) is 0. The molecule has 1 atom stereocenters. The van der Waals surface area contributed by atoms with Crippen LogP contribution in [0.2, 0.25) is 0 Å². The van der Waals surface area contributed by atoms with Crippen LogP contribution in [0.1, 0.15) is 60.5 Å². The van der Waals surface area contributed by atoms with E-state index in [1.165, 1.54) is 12.8 Å². The Morgan fingerprint density at radius 2 is 2.14 bits per heavy atom. The molecular weight excluding hydrogens is 276 g/mol. The van der Waals surface area contributed by atoms with Crippen LogP contribution < -0.4 is 0 Å². The smallest absolute Gasteiger partial charge is 0.229 e. The van der Waals surface area contributed by atoms with Gasteiger partial charge in [0.1, 0.15) is 0 Å². The molecule has 0 spiro atoms. The Balaban J connectivity index is 1.54. The van der Waals surface area contributed by atoms with Crippen LogP contribution in [0.5, 0.6) is 0 Å². The van der Waals surface area contributed by atoms with Crippen LogP contribution in [0.4, 0.5) is 0 Å². The fourth-order valence-corrected chi connectivity index (χ4v) is 3.17. The van der Waals surface area contributed by atoms with Crippen molar-refractivity contribution in [3.05, 3.63) is 47.1 Å². The second-order valence-electron chi connectivity index (χ2n) is 6.16. The summed E-state index contributed by atoms with van der Waals surface area (Å²) in [5.41, 5.74) is 1.82. The van der Waals surface area contributed by atoms with Crippen molar-refractivity contribution in [2.75, 3.05) is 6.54 Å². The Hall–Kier alpha value is -2.19. The standard InChI is InChI=1S/C17H18N4O/c18-10-13-4-1-2-5-14(13)11-21-9-3-6-15(21)16-19-17(22-20-16)12-7-8-12/h1-2,4-5,12,15H,3,6-9,11H2/t15-/m0/s1. The van der Waals surface area contributed by atoms with Gasteiger partial charge in [-0.05, 0) is 43.9 Å². The van der Waals surface area contributed by atoms with Gasteiger partial charge in [0.05, 0.1) is 17.7 Å². The molecule has 0 unspecified atom stereocenters. The molecule has 5 nitrogen and oxygen atoms in total. The van der Waals surface area contributed by atoms with E-state index in [1.54, 1.807) is 0 Å². The molecule has 1 aliphatic carbocycles. The number of likely N-dealkylation sites (tertiary alicyclic amines) is 1. The van der Waals surface area contributed by atoms with Gasteiger partial charge in [0.2, 0.25) is 5.89 Å². The van der Waals surface area contributed by atoms with E-state index in [1.807, 2.05) is 24.3 Å². The molecule has 2 aliphatic rings. The van der Waals surface area contributed by atoms with Crippen LogP contribution in [-0.4, -0.2) is 21.6 Å². The van der Waals surface area contributed by atoms with E-state index in [4.69, 9.17) is 4.52 Å². The summed E-state index contributed by atoms with van der Waals surface area (Å²) >= 11 is 0. The Labute approximate surface area is 129 Å². The van der Waals surface area contributed by atoms with Crippen molar-refractivity contribution in [2.24, 2.45) is 0 Å². The number of aromatic nitrogens is 2. The summed E-state index contributed by atoms with van der Waals surface area (Å²) in [4.78, 5) is 6.96. The van der Waals surface area contributed by atoms with Crippen LogP contribution in [0.25, 0.3) is 0 Å². The molecule has 0 bridgehead atoms. The predicted octanol–water partition coefficient (Wildman–Crippen LogP) is 3.16. The van der Waals surface area contributed by atoms with Crippen LogP contribution in [0, 0.1) is 11.3 Å². The van der Waals surface area contributed by atoms with E-state index in [0.29, 0.717) is 5.92 Å². The lowest BCUT2D eigenvalue weighted by molar-refractivity contribution is 0.234. The fourth-order valence-electron chi connectivity index (χ4n) is 3.17. The molecule has 0 N–H and O–H groups in total. The highest BCUT2D eigenvalue weighted by atomic mass is 16.5. The van der Waals surface area contributed by atoms with E-state index < -0.39 is 0 Å². The molecule has 1 saturated carbocycles. The van der Waals surface area contributed by atoms with Gasteiger partial charge in [-0.3, -0.25) is 4.90 Å². The number of nitrogens with zero attached hydrogens (tertiary/aromatic N) is 4. The minimum atomic E-state index is 0.211. The zero-order valence-electron chi connectivity index (χ0n) is 12.4. The molecule has 2 aromatic rings. The van der Waals surface area contributed by atoms with Crippen LogP contribution in [0.3, 0.4) is 0 Å². The molecule has 112 valence electrons. The number of rotatable bonds is 4. The second-order valence-corrected chi connectivity index (χ2v) is 6.16. The Morgan fingerprint density at radius 3 is 2.95 bits per heavy atom. The highest BCUT2D eigenvalue weighted by molar-refractivity contribution is 5.37. The maximum absolute atomic E-state index is 9.24. The summed E-state index contributed by atoms with van der Waals surface area (Å²) < 4.78 is 5.40. The highest BCUT2D eigenvalue weighted by Crippen LogP contribution is 2.40. The van der Waals surface area contributed by atoms with Crippen molar-refractivity contribution in [2.45, 2.75) is 44.2 Å². The van der Waals surface area contributed by atoms with Gasteiger partial charge in [-0.25, -0.2) is 0 Å². The molecule has 1 aliphatic heterocycles. The van der Waals surface area contributed by atoms with Gasteiger partial charge < -0.3 is 4.52 Å². The first-order chi connectivity index (χ1) is 10.8. The largest absolute Gasteiger partial charge is 0.339 e. The van der Waals surface area contributed by atoms with Crippen molar-refractivity contribution in [3.8, 4) is 6.07 Å². The minimum Gasteiger partial charge on any atom is -0.339 e. The summed E-state index contributed by atoms with van der Waals surface area (Å²) in [6, 6.07) is 10.3. The van der Waals surface area contributed by atoms with Crippen LogP contribution in [-0.2, 0) is 6.54 Å². The minimum absolute atomic E-state index is 0.211. The fraction of sp³-hybridized carbons (Fsp3) is 0.471. The van der Waals surface area contributed by atoms with Gasteiger partial charge in [0, 0.05) is 12.5 Å². The summed E-state index contributed by atoms with van der Waals surface area (Å²) in [5.74, 6) is 2.11. The monoisotopic (exact) mass is 294 g/mol.